The molecule has 5 nitrogen and oxygen atoms in total. The Morgan fingerprint density at radius 3 is 2.86 bits per heavy atom. The van der Waals surface area contributed by atoms with Gasteiger partial charge in [0.25, 0.3) is 0 Å². The van der Waals surface area contributed by atoms with Gasteiger partial charge in [-0.1, -0.05) is 6.07 Å². The molecule has 1 aromatic carbocycles. The first-order valence-corrected chi connectivity index (χ1v) is 7.98. The fourth-order valence-corrected chi connectivity index (χ4v) is 3.12. The molecule has 118 valence electrons. The van der Waals surface area contributed by atoms with Gasteiger partial charge in [0.05, 0.1) is 17.3 Å². The third kappa shape index (κ3) is 2.99. The van der Waals surface area contributed by atoms with Crippen LogP contribution >= 0.6 is 0 Å². The van der Waals surface area contributed by atoms with Crippen molar-refractivity contribution in [3.05, 3.63) is 29.5 Å². The van der Waals surface area contributed by atoms with Crippen molar-refractivity contribution in [1.29, 1.82) is 0 Å². The summed E-state index contributed by atoms with van der Waals surface area (Å²) in [5.41, 5.74) is 3.15. The smallest absolute Gasteiger partial charge is 0.223 e. The Morgan fingerprint density at radius 2 is 2.14 bits per heavy atom. The van der Waals surface area contributed by atoms with Crippen LogP contribution in [0.3, 0.4) is 0 Å². The molecule has 1 fully saturated rings. The molecule has 0 bridgehead atoms. The number of amides is 1. The lowest BCUT2D eigenvalue weighted by Crippen LogP contribution is -2.39. The van der Waals surface area contributed by atoms with Crippen LogP contribution in [0.1, 0.15) is 37.1 Å². The van der Waals surface area contributed by atoms with Crippen molar-refractivity contribution in [2.75, 3.05) is 20.1 Å². The van der Waals surface area contributed by atoms with Gasteiger partial charge in [-0.15, -0.1) is 0 Å². The van der Waals surface area contributed by atoms with Gasteiger partial charge in [-0.3, -0.25) is 9.89 Å². The first-order chi connectivity index (χ1) is 10.5. The Balaban J connectivity index is 1.68. The van der Waals surface area contributed by atoms with E-state index >= 15 is 0 Å². The third-order valence-electron chi connectivity index (χ3n) is 4.73. The van der Waals surface area contributed by atoms with E-state index in [1.54, 1.807) is 0 Å². The molecule has 1 aliphatic rings. The number of hydrogen-bond acceptors (Lipinski definition) is 3. The van der Waals surface area contributed by atoms with Crippen LogP contribution in [0.4, 0.5) is 0 Å². The van der Waals surface area contributed by atoms with Crippen LogP contribution < -0.4 is 5.32 Å². The predicted octanol–water partition coefficient (Wildman–Crippen LogP) is 2.39. The lowest BCUT2D eigenvalue weighted by atomic mass is 9.95. The molecular formula is C17H24N4O. The number of piperidine rings is 1. The molecule has 1 aliphatic heterocycles. The summed E-state index contributed by atoms with van der Waals surface area (Å²) in [6.07, 6.45) is 1.91. The van der Waals surface area contributed by atoms with E-state index in [0.29, 0.717) is 0 Å². The molecule has 1 atom stereocenters. The molecule has 2 aromatic rings. The second kappa shape index (κ2) is 6.08. The Bertz CT molecular complexity index is 670. The number of rotatable bonds is 3. The van der Waals surface area contributed by atoms with E-state index in [4.69, 9.17) is 0 Å². The summed E-state index contributed by atoms with van der Waals surface area (Å²) < 4.78 is 0. The van der Waals surface area contributed by atoms with Crippen LogP contribution in [0.5, 0.6) is 0 Å². The van der Waals surface area contributed by atoms with Crippen LogP contribution in [-0.2, 0) is 4.79 Å². The topological polar surface area (TPSA) is 61.0 Å². The number of hydrogen-bond donors (Lipinski definition) is 2. The Labute approximate surface area is 131 Å². The zero-order valence-electron chi connectivity index (χ0n) is 13.5. The maximum Gasteiger partial charge on any atom is 0.223 e. The number of carbonyl (C=O) groups is 1. The van der Waals surface area contributed by atoms with Crippen molar-refractivity contribution in [2.45, 2.75) is 32.7 Å². The maximum atomic E-state index is 12.4. The maximum absolute atomic E-state index is 12.4. The zero-order chi connectivity index (χ0) is 15.7. The summed E-state index contributed by atoms with van der Waals surface area (Å²) >= 11 is 0. The molecule has 0 spiro atoms. The molecule has 0 aliphatic carbocycles. The molecule has 1 saturated heterocycles. The minimum absolute atomic E-state index is 0.0193. The Hall–Kier alpha value is -1.88. The van der Waals surface area contributed by atoms with Gasteiger partial charge in [0, 0.05) is 11.3 Å². The summed E-state index contributed by atoms with van der Waals surface area (Å²) in [5.74, 6) is 0.336. The van der Waals surface area contributed by atoms with Gasteiger partial charge < -0.3 is 10.2 Å². The van der Waals surface area contributed by atoms with Crippen LogP contribution in [0.2, 0.25) is 0 Å². The highest BCUT2D eigenvalue weighted by atomic mass is 16.1. The molecule has 2 heterocycles. The molecule has 0 radical (unpaired) electrons. The number of nitrogens with zero attached hydrogens (tertiary/aromatic N) is 2. The molecule has 1 aromatic heterocycles. The van der Waals surface area contributed by atoms with Gasteiger partial charge in [-0.2, -0.15) is 5.10 Å². The third-order valence-corrected chi connectivity index (χ3v) is 4.73. The van der Waals surface area contributed by atoms with Crippen molar-refractivity contribution in [3.8, 4) is 0 Å². The van der Waals surface area contributed by atoms with E-state index in [9.17, 15) is 4.79 Å². The average molecular weight is 300 g/mol. The van der Waals surface area contributed by atoms with Crippen molar-refractivity contribution in [1.82, 2.24) is 20.4 Å². The average Bonchev–Trinajstić information content (AvgIpc) is 2.88. The van der Waals surface area contributed by atoms with Gasteiger partial charge in [0.2, 0.25) is 5.91 Å². The van der Waals surface area contributed by atoms with E-state index in [-0.39, 0.29) is 17.9 Å². The van der Waals surface area contributed by atoms with Gasteiger partial charge in [0.1, 0.15) is 0 Å². The predicted molar refractivity (Wildman–Crippen MR) is 87.6 cm³/mol. The fraction of sp³-hybridized carbons (Fsp3) is 0.529. The summed E-state index contributed by atoms with van der Waals surface area (Å²) in [6, 6.07) is 6.22. The van der Waals surface area contributed by atoms with Crippen LogP contribution in [-0.4, -0.2) is 41.1 Å². The minimum Gasteiger partial charge on any atom is -0.349 e. The molecular weight excluding hydrogens is 276 g/mol. The molecule has 3 rings (SSSR count). The first-order valence-electron chi connectivity index (χ1n) is 7.98. The molecule has 22 heavy (non-hydrogen) atoms. The highest BCUT2D eigenvalue weighted by Crippen LogP contribution is 2.22. The number of carbonyl (C=O) groups excluding carboxylic acids is 1. The van der Waals surface area contributed by atoms with E-state index in [0.717, 1.165) is 48.1 Å². The van der Waals surface area contributed by atoms with Crippen molar-refractivity contribution in [2.24, 2.45) is 5.92 Å². The highest BCUT2D eigenvalue weighted by molar-refractivity contribution is 5.82. The molecule has 0 saturated carbocycles. The SMILES string of the molecule is Cc1n[nH]c2ccc(C(C)NC(=O)C3CCN(C)CC3)cc12. The van der Waals surface area contributed by atoms with Crippen molar-refractivity contribution >= 4 is 16.8 Å². The van der Waals surface area contributed by atoms with Crippen molar-refractivity contribution < 1.29 is 4.79 Å². The lowest BCUT2D eigenvalue weighted by Gasteiger charge is -2.29. The van der Waals surface area contributed by atoms with Gasteiger partial charge >= 0.3 is 0 Å². The van der Waals surface area contributed by atoms with E-state index in [2.05, 4.69) is 39.6 Å². The number of fused-ring (bicyclic) bond motifs is 1. The number of H-pyrrole nitrogens is 1. The second-order valence-corrected chi connectivity index (χ2v) is 6.42. The van der Waals surface area contributed by atoms with Gasteiger partial charge in [-0.05, 0) is 64.5 Å². The molecule has 1 unspecified atom stereocenters. The largest absolute Gasteiger partial charge is 0.349 e. The lowest BCUT2D eigenvalue weighted by molar-refractivity contribution is -0.127. The van der Waals surface area contributed by atoms with Crippen molar-refractivity contribution in [3.63, 3.8) is 0 Å². The molecule has 1 amide bonds. The van der Waals surface area contributed by atoms with Crippen LogP contribution in [0, 0.1) is 12.8 Å². The van der Waals surface area contributed by atoms with E-state index in [1.165, 1.54) is 0 Å². The van der Waals surface area contributed by atoms with Crippen LogP contribution in [0.15, 0.2) is 18.2 Å². The summed E-state index contributed by atoms with van der Waals surface area (Å²) in [5, 5.41) is 11.5. The number of aromatic nitrogens is 2. The second-order valence-electron chi connectivity index (χ2n) is 6.42. The summed E-state index contributed by atoms with van der Waals surface area (Å²) in [4.78, 5) is 14.7. The monoisotopic (exact) mass is 300 g/mol. The van der Waals surface area contributed by atoms with Gasteiger partial charge in [0.15, 0.2) is 0 Å². The zero-order valence-corrected chi connectivity index (χ0v) is 13.5. The Kier molecular flexibility index (Phi) is 4.16. The quantitative estimate of drug-likeness (QED) is 0.915. The first kappa shape index (κ1) is 15.0. The number of nitrogens with one attached hydrogen (secondary N) is 2. The molecule has 5 heteroatoms. The Morgan fingerprint density at radius 1 is 1.41 bits per heavy atom. The van der Waals surface area contributed by atoms with E-state index < -0.39 is 0 Å². The standard InChI is InChI=1S/C17H24N4O/c1-11(18-17(22)13-6-8-21(3)9-7-13)14-4-5-16-15(10-14)12(2)19-20-16/h4-5,10-11,13H,6-9H2,1-3H3,(H,18,22)(H,19,20). The number of benzene rings is 1. The summed E-state index contributed by atoms with van der Waals surface area (Å²) in [6.45, 7) is 6.05. The van der Waals surface area contributed by atoms with E-state index in [1.807, 2.05) is 19.9 Å². The van der Waals surface area contributed by atoms with Crippen LogP contribution in [0.25, 0.3) is 10.9 Å². The molecule has 2 N–H and O–H groups in total. The number of likely N-dealkylation sites (tertiary alicyclic amines) is 1. The minimum atomic E-state index is 0.0193. The number of aryl methyl sites for hydroxylation is 1. The summed E-state index contributed by atoms with van der Waals surface area (Å²) in [7, 11) is 2.11. The fourth-order valence-electron chi connectivity index (χ4n) is 3.12. The number of aromatic amines is 1. The highest BCUT2D eigenvalue weighted by Gasteiger charge is 2.24. The van der Waals surface area contributed by atoms with Gasteiger partial charge in [-0.25, -0.2) is 0 Å². The normalized spacial score (nSPS) is 18.5.